The molecule has 0 saturated heterocycles. The van der Waals surface area contributed by atoms with Crippen molar-refractivity contribution in [3.05, 3.63) is 143 Å². The van der Waals surface area contributed by atoms with Gasteiger partial charge in [-0.3, -0.25) is 0 Å². The molecule has 0 atom stereocenters. The van der Waals surface area contributed by atoms with Gasteiger partial charge in [-0.1, -0.05) is 48.5 Å². The van der Waals surface area contributed by atoms with Crippen molar-refractivity contribution in [3.8, 4) is 39.7 Å². The molecule has 0 bridgehead atoms. The summed E-state index contributed by atoms with van der Waals surface area (Å²) < 4.78 is 0. The van der Waals surface area contributed by atoms with Gasteiger partial charge in [0, 0.05) is 38.6 Å². The van der Waals surface area contributed by atoms with Gasteiger partial charge >= 0.3 is 0 Å². The molecule has 0 amide bonds. The molecule has 38 heavy (non-hydrogen) atoms. The van der Waals surface area contributed by atoms with Crippen LogP contribution < -0.4 is 0 Å². The predicted molar refractivity (Wildman–Crippen MR) is 144 cm³/mol. The number of nitrogens with zero attached hydrogens (tertiary/aromatic N) is 5. The maximum absolute atomic E-state index is 9.13. The van der Waals surface area contributed by atoms with Gasteiger partial charge in [-0.2, -0.15) is 0 Å². The van der Waals surface area contributed by atoms with E-state index in [4.69, 9.17) is 18.4 Å². The molecule has 0 saturated carbocycles. The van der Waals surface area contributed by atoms with E-state index in [1.54, 1.807) is 12.4 Å². The zero-order chi connectivity index (χ0) is 26.0. The van der Waals surface area contributed by atoms with E-state index in [1.165, 1.54) is 6.07 Å². The summed E-state index contributed by atoms with van der Waals surface area (Å²) in [6.07, 6.45) is 3.53. The van der Waals surface area contributed by atoms with Gasteiger partial charge in [0.2, 0.25) is 11.4 Å². The Labute approximate surface area is 236 Å². The monoisotopic (exact) mass is 666 g/mol. The maximum atomic E-state index is 9.13. The number of nitriles is 1. The molecule has 3 aromatic carbocycles. The summed E-state index contributed by atoms with van der Waals surface area (Å²) in [6, 6.07) is 34.9. The summed E-state index contributed by atoms with van der Waals surface area (Å²) in [5.74, 6) is 0. The number of rotatable bonds is 3. The van der Waals surface area contributed by atoms with Crippen LogP contribution in [0.25, 0.3) is 43.3 Å². The van der Waals surface area contributed by atoms with Crippen molar-refractivity contribution < 1.29 is 20.1 Å². The molecule has 0 fully saturated rings. The number of hydrogen-bond donors (Lipinski definition) is 0. The van der Waals surface area contributed by atoms with Gasteiger partial charge in [-0.05, 0) is 52.2 Å². The molecule has 5 rings (SSSR count). The first-order valence-corrected chi connectivity index (χ1v) is 11.3. The molecule has 0 N–H and O–H groups in total. The number of hydrogen-bond acceptors (Lipinski definition) is 3. The summed E-state index contributed by atoms with van der Waals surface area (Å²) in [4.78, 5) is 15.5. The second kappa shape index (κ2) is 13.4. The third-order valence-electron chi connectivity index (χ3n) is 5.52. The van der Waals surface area contributed by atoms with Gasteiger partial charge in [0.15, 0.2) is 0 Å². The van der Waals surface area contributed by atoms with Crippen LogP contribution in [0, 0.1) is 43.5 Å². The zero-order valence-electron chi connectivity index (χ0n) is 20.3. The largest absolute Gasteiger partial charge is 0.305 e. The van der Waals surface area contributed by atoms with Gasteiger partial charge in [0.25, 0.3) is 0 Å². The van der Waals surface area contributed by atoms with Gasteiger partial charge in [0.1, 0.15) is 6.57 Å². The quantitative estimate of drug-likeness (QED) is 0.183. The summed E-state index contributed by atoms with van der Waals surface area (Å²) in [5.41, 5.74) is 6.40. The molecule has 0 aliphatic rings. The average Bonchev–Trinajstić information content (AvgIpc) is 2.98. The number of aryl methyl sites for hydroxylation is 1. The van der Waals surface area contributed by atoms with Gasteiger partial charge in [-0.15, -0.1) is 48.0 Å². The topological polar surface area (TPSA) is 58.3 Å². The van der Waals surface area contributed by atoms with Crippen molar-refractivity contribution in [2.75, 3.05) is 0 Å². The van der Waals surface area contributed by atoms with E-state index in [1.807, 2.05) is 91.9 Å². The maximum Gasteiger partial charge on any atom is 0.244 e. The number of pyridine rings is 2. The summed E-state index contributed by atoms with van der Waals surface area (Å²) in [6.45, 7) is 16.7. The fraction of sp³-hybridized carbons (Fsp3) is 0.0312. The first-order valence-electron chi connectivity index (χ1n) is 11.3. The predicted octanol–water partition coefficient (Wildman–Crippen LogP) is 8.04. The minimum atomic E-state index is 0. The molecule has 0 aliphatic carbocycles. The number of aromatic nitrogens is 2. The van der Waals surface area contributed by atoms with Crippen LogP contribution in [0.1, 0.15) is 11.1 Å². The minimum Gasteiger partial charge on any atom is -0.305 e. The summed E-state index contributed by atoms with van der Waals surface area (Å²) in [7, 11) is 0. The molecule has 0 aliphatic heterocycles. The standard InChI is InChI=1S/C21H11N4.C11H8N.Ir/c1-14-13-25-19(11-18(14)15-7-5-4-6-8-15)17-10-9-16(12-22)20(23-2)21(17)24-3;1-2-6-10(7-3-1)11-8-4-5-9-12-11;/h4-9,11,13H,1H3;1-6,8-9H;/q2*-1;. The van der Waals surface area contributed by atoms with Crippen LogP contribution in [0.3, 0.4) is 0 Å². The van der Waals surface area contributed by atoms with Crippen LogP contribution in [-0.2, 0) is 20.1 Å². The molecular weight excluding hydrogens is 647 g/mol. The van der Waals surface area contributed by atoms with Gasteiger partial charge in [-0.25, -0.2) is 15.0 Å². The Bertz CT molecular complexity index is 1610. The Balaban J connectivity index is 0.000000258. The van der Waals surface area contributed by atoms with Crippen LogP contribution >= 0.6 is 0 Å². The smallest absolute Gasteiger partial charge is 0.244 e. The normalized spacial score (nSPS) is 9.42. The molecule has 0 spiro atoms. The number of benzene rings is 3. The van der Waals surface area contributed by atoms with E-state index in [-0.39, 0.29) is 37.0 Å². The average molecular weight is 666 g/mol. The van der Waals surface area contributed by atoms with E-state index >= 15 is 0 Å². The molecule has 2 aromatic heterocycles. The molecule has 2 heterocycles. The first kappa shape index (κ1) is 27.7. The van der Waals surface area contributed by atoms with Gasteiger partial charge < -0.3 is 9.97 Å². The van der Waals surface area contributed by atoms with Crippen LogP contribution in [-0.4, -0.2) is 9.97 Å². The van der Waals surface area contributed by atoms with E-state index in [0.29, 0.717) is 11.3 Å². The van der Waals surface area contributed by atoms with E-state index in [0.717, 1.165) is 27.9 Å². The van der Waals surface area contributed by atoms with Crippen molar-refractivity contribution in [2.24, 2.45) is 0 Å². The van der Waals surface area contributed by atoms with Crippen molar-refractivity contribution in [3.63, 3.8) is 0 Å². The summed E-state index contributed by atoms with van der Waals surface area (Å²) in [5, 5.41) is 9.13. The van der Waals surface area contributed by atoms with Crippen LogP contribution in [0.15, 0.2) is 97.3 Å². The fourth-order valence-corrected chi connectivity index (χ4v) is 3.69. The molecule has 0 unspecified atom stereocenters. The second-order valence-electron chi connectivity index (χ2n) is 7.85. The summed E-state index contributed by atoms with van der Waals surface area (Å²) >= 11 is 0. The minimum absolute atomic E-state index is 0. The zero-order valence-corrected chi connectivity index (χ0v) is 22.7. The fourth-order valence-electron chi connectivity index (χ4n) is 3.69. The van der Waals surface area contributed by atoms with Crippen LogP contribution in [0.4, 0.5) is 11.4 Å². The van der Waals surface area contributed by atoms with Crippen LogP contribution in [0.5, 0.6) is 0 Å². The Morgan fingerprint density at radius 3 is 2.21 bits per heavy atom. The van der Waals surface area contributed by atoms with Crippen LogP contribution in [0.2, 0.25) is 0 Å². The Morgan fingerprint density at radius 2 is 1.58 bits per heavy atom. The molecule has 5 nitrogen and oxygen atoms in total. The Kier molecular flexibility index (Phi) is 9.76. The van der Waals surface area contributed by atoms with E-state index < -0.39 is 0 Å². The molecule has 1 radical (unpaired) electrons. The Hall–Kier alpha value is -4.92. The van der Waals surface area contributed by atoms with Crippen molar-refractivity contribution >= 4 is 11.4 Å². The molecule has 183 valence electrons. The van der Waals surface area contributed by atoms with Crippen molar-refractivity contribution in [1.29, 1.82) is 5.26 Å². The first-order chi connectivity index (χ1) is 18.2. The van der Waals surface area contributed by atoms with Crippen molar-refractivity contribution in [1.82, 2.24) is 9.97 Å². The molecule has 5 aromatic rings. The van der Waals surface area contributed by atoms with E-state index in [9.17, 15) is 0 Å². The third kappa shape index (κ3) is 6.25. The molecule has 6 heteroatoms. The van der Waals surface area contributed by atoms with Crippen molar-refractivity contribution in [2.45, 2.75) is 6.92 Å². The van der Waals surface area contributed by atoms with Gasteiger partial charge in [0.05, 0.1) is 6.57 Å². The second-order valence-corrected chi connectivity index (χ2v) is 7.85. The molecular formula is C32H19IrN5-2. The third-order valence-corrected chi connectivity index (χ3v) is 5.52. The Morgan fingerprint density at radius 1 is 0.842 bits per heavy atom. The SMILES string of the molecule is [C-]#[N+]c1c(-c2cc(-c3ccccc3)c(C)cn2)[c-]cc(C#N)c1[N+]#[C-].[Ir].[c-]1ccccc1-c1ccccn1. The van der Waals surface area contributed by atoms with E-state index in [2.05, 4.69) is 31.8 Å².